The van der Waals surface area contributed by atoms with Crippen LogP contribution < -0.4 is 14.9 Å². The Hall–Kier alpha value is -3.79. The van der Waals surface area contributed by atoms with Crippen LogP contribution in [0.4, 0.5) is 5.69 Å². The predicted octanol–water partition coefficient (Wildman–Crippen LogP) is 4.07. The van der Waals surface area contributed by atoms with Crippen molar-refractivity contribution in [2.24, 2.45) is 5.10 Å². The molecule has 0 saturated carbocycles. The summed E-state index contributed by atoms with van der Waals surface area (Å²) >= 11 is 3.32. The van der Waals surface area contributed by atoms with Crippen LogP contribution in [-0.4, -0.2) is 28.6 Å². The number of hydrogen-bond donors (Lipinski definition) is 1. The maximum atomic E-state index is 11.8. The van der Waals surface area contributed by atoms with E-state index in [2.05, 4.69) is 31.4 Å². The van der Waals surface area contributed by atoms with Gasteiger partial charge in [0.25, 0.3) is 11.6 Å². The fourth-order valence-electron chi connectivity index (χ4n) is 2.17. The topological polar surface area (TPSA) is 116 Å². The molecule has 0 aliphatic carbocycles. The number of aromatic nitrogens is 1. The quantitative estimate of drug-likeness (QED) is 0.301. The van der Waals surface area contributed by atoms with Crippen molar-refractivity contribution in [2.75, 3.05) is 6.61 Å². The molecule has 3 aromatic rings. The maximum absolute atomic E-state index is 11.8. The minimum Gasteiger partial charge on any atom is -0.484 e. The van der Waals surface area contributed by atoms with Gasteiger partial charge in [0.15, 0.2) is 6.61 Å². The van der Waals surface area contributed by atoms with Gasteiger partial charge in [-0.2, -0.15) is 5.10 Å². The third kappa shape index (κ3) is 6.38. The summed E-state index contributed by atoms with van der Waals surface area (Å²) in [5, 5.41) is 14.5. The molecule has 0 radical (unpaired) electrons. The molecule has 0 aliphatic rings. The number of halogens is 1. The van der Waals surface area contributed by atoms with Gasteiger partial charge in [-0.15, -0.1) is 0 Å². The largest absolute Gasteiger partial charge is 0.484 e. The average molecular weight is 471 g/mol. The number of benzene rings is 2. The molecule has 0 saturated heterocycles. The van der Waals surface area contributed by atoms with Crippen molar-refractivity contribution >= 4 is 33.7 Å². The Morgan fingerprint density at radius 2 is 1.80 bits per heavy atom. The first-order valence-corrected chi connectivity index (χ1v) is 9.37. The van der Waals surface area contributed by atoms with E-state index < -0.39 is 10.8 Å². The lowest BCUT2D eigenvalue weighted by Gasteiger charge is -2.05. The van der Waals surface area contributed by atoms with Crippen LogP contribution in [-0.2, 0) is 4.79 Å². The first-order chi connectivity index (χ1) is 14.5. The van der Waals surface area contributed by atoms with Crippen molar-refractivity contribution in [1.82, 2.24) is 10.4 Å². The normalized spacial score (nSPS) is 10.6. The van der Waals surface area contributed by atoms with Crippen LogP contribution in [0.15, 0.2) is 76.4 Å². The van der Waals surface area contributed by atoms with Crippen LogP contribution in [0.5, 0.6) is 17.4 Å². The predicted molar refractivity (Wildman–Crippen MR) is 113 cm³/mol. The molecule has 1 heterocycles. The van der Waals surface area contributed by atoms with E-state index in [9.17, 15) is 14.9 Å². The molecule has 1 aromatic heterocycles. The minimum atomic E-state index is -0.531. The van der Waals surface area contributed by atoms with Gasteiger partial charge < -0.3 is 9.47 Å². The van der Waals surface area contributed by atoms with E-state index in [0.717, 1.165) is 16.2 Å². The van der Waals surface area contributed by atoms with Gasteiger partial charge in [-0.1, -0.05) is 15.9 Å². The zero-order valence-corrected chi connectivity index (χ0v) is 17.0. The van der Waals surface area contributed by atoms with Crippen molar-refractivity contribution in [1.29, 1.82) is 0 Å². The zero-order valence-electron chi connectivity index (χ0n) is 15.4. The van der Waals surface area contributed by atoms with Crippen molar-refractivity contribution in [2.45, 2.75) is 0 Å². The van der Waals surface area contributed by atoms with Crippen LogP contribution in [0, 0.1) is 10.1 Å². The molecule has 0 spiro atoms. The second kappa shape index (κ2) is 10.1. The van der Waals surface area contributed by atoms with Gasteiger partial charge in [0.1, 0.15) is 17.7 Å². The first kappa shape index (κ1) is 20.9. The number of nitro groups is 1. The third-order valence-electron chi connectivity index (χ3n) is 3.62. The van der Waals surface area contributed by atoms with Crippen LogP contribution in [0.1, 0.15) is 5.56 Å². The van der Waals surface area contributed by atoms with Crippen LogP contribution in [0.2, 0.25) is 0 Å². The number of nitrogens with one attached hydrogen (secondary N) is 1. The number of rotatable bonds is 8. The van der Waals surface area contributed by atoms with Crippen molar-refractivity contribution in [3.8, 4) is 17.4 Å². The van der Waals surface area contributed by atoms with Gasteiger partial charge in [-0.25, -0.2) is 10.4 Å². The second-order valence-electron chi connectivity index (χ2n) is 5.82. The van der Waals surface area contributed by atoms with E-state index in [0.29, 0.717) is 11.5 Å². The fraction of sp³-hybridized carbons (Fsp3) is 0.0500. The number of ether oxygens (including phenoxy) is 2. The number of nitrogens with zero attached hydrogens (tertiary/aromatic N) is 3. The van der Waals surface area contributed by atoms with E-state index >= 15 is 0 Å². The summed E-state index contributed by atoms with van der Waals surface area (Å²) in [6, 6.07) is 16.7. The lowest BCUT2D eigenvalue weighted by atomic mass is 10.2. The lowest BCUT2D eigenvalue weighted by molar-refractivity contribution is -0.385. The number of hydrazone groups is 1. The second-order valence-corrected chi connectivity index (χ2v) is 6.73. The van der Waals surface area contributed by atoms with Crippen molar-refractivity contribution in [3.63, 3.8) is 0 Å². The van der Waals surface area contributed by atoms with Crippen LogP contribution in [0.25, 0.3) is 0 Å². The minimum absolute atomic E-state index is 0.113. The lowest BCUT2D eigenvalue weighted by Crippen LogP contribution is -2.24. The highest BCUT2D eigenvalue weighted by molar-refractivity contribution is 9.10. The molecule has 1 amide bonds. The molecule has 152 valence electrons. The van der Waals surface area contributed by atoms with E-state index in [1.165, 1.54) is 18.3 Å². The Morgan fingerprint density at radius 3 is 2.43 bits per heavy atom. The summed E-state index contributed by atoms with van der Waals surface area (Å²) in [5.74, 6) is 0.925. The van der Waals surface area contributed by atoms with Crippen molar-refractivity contribution in [3.05, 3.63) is 87.0 Å². The monoisotopic (exact) mass is 470 g/mol. The molecule has 0 unspecified atom stereocenters. The summed E-state index contributed by atoms with van der Waals surface area (Å²) in [6.45, 7) is -0.159. The third-order valence-corrected chi connectivity index (χ3v) is 4.15. The molecule has 0 aliphatic heterocycles. The summed E-state index contributed by atoms with van der Waals surface area (Å²) in [6.07, 6.45) is 2.60. The van der Waals surface area contributed by atoms with E-state index in [-0.39, 0.29) is 18.2 Å². The smallest absolute Gasteiger partial charge is 0.287 e. The van der Waals surface area contributed by atoms with E-state index in [1.807, 2.05) is 12.1 Å². The van der Waals surface area contributed by atoms with Gasteiger partial charge in [-0.05, 0) is 54.1 Å². The van der Waals surface area contributed by atoms with Gasteiger partial charge in [0.05, 0.1) is 11.1 Å². The van der Waals surface area contributed by atoms with Crippen LogP contribution in [0.3, 0.4) is 0 Å². The summed E-state index contributed by atoms with van der Waals surface area (Å²) < 4.78 is 11.8. The molecular weight excluding hydrogens is 456 g/mol. The molecule has 0 atom stereocenters. The highest BCUT2D eigenvalue weighted by Crippen LogP contribution is 2.21. The number of amides is 1. The number of carbonyl (C=O) groups excluding carboxylic acids is 1. The highest BCUT2D eigenvalue weighted by atomic mass is 79.9. The molecule has 9 nitrogen and oxygen atoms in total. The Morgan fingerprint density at radius 1 is 1.10 bits per heavy atom. The summed E-state index contributed by atoms with van der Waals surface area (Å²) in [4.78, 5) is 25.7. The Balaban J connectivity index is 1.46. The molecule has 3 rings (SSSR count). The summed E-state index contributed by atoms with van der Waals surface area (Å²) in [5.41, 5.74) is 3.00. The van der Waals surface area contributed by atoms with Crippen LogP contribution >= 0.6 is 15.9 Å². The van der Waals surface area contributed by atoms with Gasteiger partial charge in [0.2, 0.25) is 5.88 Å². The molecule has 2 aromatic carbocycles. The molecule has 10 heteroatoms. The standard InChI is InChI=1S/C20H15BrN4O5/c21-15-3-8-17(9-4-15)29-13-19(26)24-23-11-14-1-6-18(7-2-14)30-20-10-5-16(12-22-20)25(27)28/h1-12H,13H2,(H,24,26)/b23-11-. The maximum Gasteiger partial charge on any atom is 0.287 e. The summed E-state index contributed by atoms with van der Waals surface area (Å²) in [7, 11) is 0. The molecule has 1 N–H and O–H groups in total. The molecule has 0 fully saturated rings. The fourth-order valence-corrected chi connectivity index (χ4v) is 2.44. The first-order valence-electron chi connectivity index (χ1n) is 8.58. The molecule has 30 heavy (non-hydrogen) atoms. The number of hydrogen-bond acceptors (Lipinski definition) is 7. The van der Waals surface area contributed by atoms with Gasteiger partial charge in [0, 0.05) is 16.6 Å². The molecule has 0 bridgehead atoms. The van der Waals surface area contributed by atoms with Crippen molar-refractivity contribution < 1.29 is 19.2 Å². The van der Waals surface area contributed by atoms with Gasteiger partial charge >= 0.3 is 0 Å². The highest BCUT2D eigenvalue weighted by Gasteiger charge is 2.06. The van der Waals surface area contributed by atoms with E-state index in [4.69, 9.17) is 9.47 Å². The molecular formula is C20H15BrN4O5. The number of pyridine rings is 1. The van der Waals surface area contributed by atoms with Gasteiger partial charge in [-0.3, -0.25) is 14.9 Å². The average Bonchev–Trinajstić information content (AvgIpc) is 2.75. The SMILES string of the molecule is O=C(COc1ccc(Br)cc1)N/N=C\c1ccc(Oc2ccc([N+](=O)[O-])cn2)cc1. The Labute approximate surface area is 179 Å². The zero-order chi connectivity index (χ0) is 21.3. The Bertz CT molecular complexity index is 1040. The number of carbonyl (C=O) groups is 1. The van der Waals surface area contributed by atoms with E-state index in [1.54, 1.807) is 36.4 Å². The Kier molecular flexibility index (Phi) is 7.06.